The van der Waals surface area contributed by atoms with E-state index in [1.54, 1.807) is 57.3 Å². The zero-order chi connectivity index (χ0) is 34.6. The highest BCUT2D eigenvalue weighted by atomic mass is 35.5. The normalized spacial score (nSPS) is 18.8. The Morgan fingerprint density at radius 2 is 1.90 bits per heavy atom. The molecular formula is C34H41ClN6O7. The van der Waals surface area contributed by atoms with E-state index in [1.165, 1.54) is 4.90 Å². The highest BCUT2D eigenvalue weighted by molar-refractivity contribution is 6.38. The third-order valence-corrected chi connectivity index (χ3v) is 8.71. The number of alkyl carbamates (subject to hydrolysis) is 1. The van der Waals surface area contributed by atoms with E-state index >= 15 is 0 Å². The van der Waals surface area contributed by atoms with E-state index in [2.05, 4.69) is 26.1 Å². The van der Waals surface area contributed by atoms with Crippen molar-refractivity contribution in [2.75, 3.05) is 13.1 Å². The minimum absolute atomic E-state index is 0.0213. The molecule has 1 aliphatic heterocycles. The van der Waals surface area contributed by atoms with Crippen LogP contribution in [0, 0.1) is 5.41 Å². The Morgan fingerprint density at radius 3 is 2.56 bits per heavy atom. The summed E-state index contributed by atoms with van der Waals surface area (Å²) in [7, 11) is 0. The summed E-state index contributed by atoms with van der Waals surface area (Å²) in [5.74, 6) is -2.71. The van der Waals surface area contributed by atoms with Gasteiger partial charge in [0.05, 0.1) is 30.5 Å². The summed E-state index contributed by atoms with van der Waals surface area (Å²) in [5, 5.41) is 12.8. The van der Waals surface area contributed by atoms with Crippen LogP contribution in [-0.2, 0) is 41.0 Å². The van der Waals surface area contributed by atoms with Gasteiger partial charge < -0.3 is 30.4 Å². The first-order valence-corrected chi connectivity index (χ1v) is 16.5. The largest absolute Gasteiger partial charge is 0.443 e. The fourth-order valence-corrected chi connectivity index (χ4v) is 6.01. The second-order valence-corrected chi connectivity index (χ2v) is 14.0. The first kappa shape index (κ1) is 34.8. The van der Waals surface area contributed by atoms with Crippen LogP contribution in [0.4, 0.5) is 4.79 Å². The van der Waals surface area contributed by atoms with Crippen molar-refractivity contribution < 1.29 is 33.5 Å². The van der Waals surface area contributed by atoms with Crippen LogP contribution in [0.2, 0.25) is 5.02 Å². The maximum atomic E-state index is 14.5. The van der Waals surface area contributed by atoms with Crippen LogP contribution in [0.5, 0.6) is 0 Å². The average molecular weight is 681 g/mol. The van der Waals surface area contributed by atoms with Gasteiger partial charge in [-0.15, -0.1) is 0 Å². The number of rotatable bonds is 14. The predicted octanol–water partition coefficient (Wildman–Crippen LogP) is 3.37. The molecule has 1 aromatic carbocycles. The smallest absolute Gasteiger partial charge is 0.408 e. The molecule has 2 heterocycles. The zero-order valence-electron chi connectivity index (χ0n) is 27.5. The number of ether oxygens (including phenoxy) is 1. The van der Waals surface area contributed by atoms with Gasteiger partial charge in [0.15, 0.2) is 5.60 Å². The van der Waals surface area contributed by atoms with Gasteiger partial charge in [-0.2, -0.15) is 0 Å². The second-order valence-electron chi connectivity index (χ2n) is 13.5. The average Bonchev–Trinajstić information content (AvgIpc) is 3.68. The molecule has 13 nitrogen and oxygen atoms in total. The number of Topliss-reactive ketones (excluding diaryl/α,β-unsaturated/α-hetero) is 1. The summed E-state index contributed by atoms with van der Waals surface area (Å²) >= 11 is 6.26. The van der Waals surface area contributed by atoms with Crippen molar-refractivity contribution in [3.05, 3.63) is 64.4 Å². The number of nitrogens with one attached hydrogen (secondary N) is 3. The molecule has 5 rings (SSSR count). The zero-order valence-corrected chi connectivity index (χ0v) is 28.3. The third kappa shape index (κ3) is 8.12. The van der Waals surface area contributed by atoms with Gasteiger partial charge in [-0.05, 0) is 48.9 Å². The molecule has 0 spiro atoms. The molecule has 0 saturated heterocycles. The van der Waals surface area contributed by atoms with E-state index < -0.39 is 59.2 Å². The summed E-state index contributed by atoms with van der Waals surface area (Å²) < 4.78 is 5.37. The highest BCUT2D eigenvalue weighted by Crippen LogP contribution is 2.46. The van der Waals surface area contributed by atoms with Crippen LogP contribution in [0.25, 0.3) is 0 Å². The topological polar surface area (TPSA) is 168 Å². The summed E-state index contributed by atoms with van der Waals surface area (Å²) in [4.78, 5) is 78.0. The Kier molecular flexibility index (Phi) is 10.4. The number of benzene rings is 1. The standard InChI is InChI=1S/C34H41ClN6O7/c1-5-8-25(28(43)30(44)37-21-11-12-21)38-27(42)17-41(19-34-16-26(40-48-34)23-15-20(35)10-13-24(23)34)31(45)29(33(2,3)4)39-32(46)47-18-22-9-6-7-14-36-22/h6-7,9-10,13-15,21,25,29H,5,8,11-12,16-19H2,1-4H3,(H,37,44)(H,38,42)(H,39,46)/t25-,29+,34+/m0/s1. The van der Waals surface area contributed by atoms with E-state index in [0.29, 0.717) is 29.3 Å². The number of aromatic nitrogens is 1. The van der Waals surface area contributed by atoms with Gasteiger partial charge in [0, 0.05) is 34.8 Å². The number of amides is 4. The van der Waals surface area contributed by atoms with Crippen LogP contribution in [-0.4, -0.2) is 76.4 Å². The molecule has 3 N–H and O–H groups in total. The van der Waals surface area contributed by atoms with Crippen molar-refractivity contribution in [1.82, 2.24) is 25.8 Å². The molecule has 1 saturated carbocycles. The van der Waals surface area contributed by atoms with Gasteiger partial charge >= 0.3 is 6.09 Å². The lowest BCUT2D eigenvalue weighted by molar-refractivity contribution is -0.146. The lowest BCUT2D eigenvalue weighted by Crippen LogP contribution is -2.59. The minimum atomic E-state index is -1.14. The number of halogens is 1. The Hall–Kier alpha value is -4.52. The van der Waals surface area contributed by atoms with E-state index in [4.69, 9.17) is 21.2 Å². The molecule has 0 unspecified atom stereocenters. The molecule has 3 atom stereocenters. The van der Waals surface area contributed by atoms with Crippen molar-refractivity contribution in [2.24, 2.45) is 10.6 Å². The van der Waals surface area contributed by atoms with Crippen LogP contribution in [0.15, 0.2) is 47.8 Å². The lowest BCUT2D eigenvalue weighted by Gasteiger charge is -2.38. The minimum Gasteiger partial charge on any atom is -0.443 e. The molecule has 1 aromatic heterocycles. The maximum Gasteiger partial charge on any atom is 0.408 e. The second kappa shape index (κ2) is 14.3. The van der Waals surface area contributed by atoms with Crippen molar-refractivity contribution in [1.29, 1.82) is 0 Å². The number of hydrogen-bond donors (Lipinski definition) is 3. The van der Waals surface area contributed by atoms with Crippen LogP contribution in [0.1, 0.15) is 76.6 Å². The number of oxime groups is 1. The van der Waals surface area contributed by atoms with Crippen LogP contribution in [0.3, 0.4) is 0 Å². The summed E-state index contributed by atoms with van der Waals surface area (Å²) in [5.41, 5.74) is 0.832. The fraction of sp³-hybridized carbons (Fsp3) is 0.500. The van der Waals surface area contributed by atoms with Crippen LogP contribution < -0.4 is 16.0 Å². The van der Waals surface area contributed by atoms with Crippen LogP contribution >= 0.6 is 11.6 Å². The van der Waals surface area contributed by atoms with E-state index in [1.807, 2.05) is 13.0 Å². The molecule has 0 radical (unpaired) electrons. The van der Waals surface area contributed by atoms with E-state index in [0.717, 1.165) is 24.0 Å². The van der Waals surface area contributed by atoms with E-state index in [9.17, 15) is 24.0 Å². The van der Waals surface area contributed by atoms with Crippen molar-refractivity contribution in [2.45, 2.75) is 90.1 Å². The summed E-state index contributed by atoms with van der Waals surface area (Å²) in [6.07, 6.45) is 3.47. The fourth-order valence-electron chi connectivity index (χ4n) is 5.84. The Balaban J connectivity index is 1.38. The quantitative estimate of drug-likeness (QED) is 0.255. The van der Waals surface area contributed by atoms with Gasteiger partial charge in [0.25, 0.3) is 5.91 Å². The Bertz CT molecular complexity index is 1610. The first-order valence-electron chi connectivity index (χ1n) is 16.1. The third-order valence-electron chi connectivity index (χ3n) is 8.48. The monoisotopic (exact) mass is 680 g/mol. The number of fused-ring (bicyclic) bond motifs is 5. The molecule has 2 aliphatic carbocycles. The van der Waals surface area contributed by atoms with Crippen molar-refractivity contribution >= 4 is 46.9 Å². The molecule has 48 heavy (non-hydrogen) atoms. The molecule has 2 aromatic rings. The molecule has 4 amide bonds. The molecule has 2 bridgehead atoms. The molecular weight excluding hydrogens is 640 g/mol. The predicted molar refractivity (Wildman–Crippen MR) is 176 cm³/mol. The van der Waals surface area contributed by atoms with Gasteiger partial charge in [0.2, 0.25) is 17.6 Å². The number of pyridine rings is 1. The van der Waals surface area contributed by atoms with Gasteiger partial charge in [-0.25, -0.2) is 4.79 Å². The number of nitrogens with zero attached hydrogens (tertiary/aromatic N) is 3. The molecule has 14 heteroatoms. The van der Waals surface area contributed by atoms with Crippen molar-refractivity contribution in [3.8, 4) is 0 Å². The number of ketones is 1. The number of carbonyl (C=O) groups excluding carboxylic acids is 5. The summed E-state index contributed by atoms with van der Waals surface area (Å²) in [6, 6.07) is 8.30. The number of carbonyl (C=O) groups is 5. The van der Waals surface area contributed by atoms with E-state index in [-0.39, 0.29) is 25.6 Å². The highest BCUT2D eigenvalue weighted by Gasteiger charge is 2.52. The Morgan fingerprint density at radius 1 is 1.12 bits per heavy atom. The first-order chi connectivity index (χ1) is 22.8. The van der Waals surface area contributed by atoms with Crippen molar-refractivity contribution in [3.63, 3.8) is 0 Å². The summed E-state index contributed by atoms with van der Waals surface area (Å²) in [6.45, 7) is 6.47. The molecule has 256 valence electrons. The number of hydrogen-bond acceptors (Lipinski definition) is 9. The maximum absolute atomic E-state index is 14.5. The Labute approximate surface area is 284 Å². The lowest BCUT2D eigenvalue weighted by atomic mass is 9.85. The van der Waals surface area contributed by atoms with Gasteiger partial charge in [0.1, 0.15) is 12.6 Å². The SMILES string of the molecule is CCC[C@H](NC(=O)CN(C[C@@]12CC(=NO1)c1cc(Cl)ccc12)C(=O)[C@@H](NC(=O)OCc1ccccn1)C(C)(C)C)C(=O)C(=O)NC1CC1. The molecule has 3 aliphatic rings. The molecule has 1 fully saturated rings. The van der Waals surface area contributed by atoms with Gasteiger partial charge in [-0.1, -0.05) is 63.0 Å². The van der Waals surface area contributed by atoms with Gasteiger partial charge in [-0.3, -0.25) is 24.2 Å².